The Balaban J connectivity index is 2.57. The van der Waals surface area contributed by atoms with E-state index >= 15 is 0 Å². The Morgan fingerprint density at radius 1 is 1.41 bits per heavy atom. The maximum Gasteiger partial charge on any atom is 0.216 e. The van der Waals surface area contributed by atoms with Crippen LogP contribution in [0.3, 0.4) is 0 Å². The number of hydrogen-bond donors (Lipinski definition) is 0. The zero-order chi connectivity index (χ0) is 13.1. The lowest BCUT2D eigenvalue weighted by molar-refractivity contribution is 0.0906. The van der Waals surface area contributed by atoms with Crippen molar-refractivity contribution < 1.29 is 13.2 Å². The van der Waals surface area contributed by atoms with Gasteiger partial charge in [-0.2, -0.15) is 4.31 Å². The van der Waals surface area contributed by atoms with Gasteiger partial charge in [0, 0.05) is 12.6 Å². The quantitative estimate of drug-likeness (QED) is 0.735. The molecule has 102 valence electrons. The van der Waals surface area contributed by atoms with Crippen molar-refractivity contribution in [2.75, 3.05) is 18.9 Å². The first-order valence-electron chi connectivity index (χ1n) is 6.48. The van der Waals surface area contributed by atoms with Gasteiger partial charge >= 0.3 is 0 Å². The zero-order valence-corrected chi connectivity index (χ0v) is 12.2. The summed E-state index contributed by atoms with van der Waals surface area (Å²) in [5.74, 6) is 0.578. The van der Waals surface area contributed by atoms with Gasteiger partial charge in [0.1, 0.15) is 0 Å². The van der Waals surface area contributed by atoms with Gasteiger partial charge in [0.2, 0.25) is 10.0 Å². The van der Waals surface area contributed by atoms with Crippen LogP contribution in [0.2, 0.25) is 0 Å². The van der Waals surface area contributed by atoms with Crippen LogP contribution in [0.1, 0.15) is 40.5 Å². The van der Waals surface area contributed by atoms with Crippen LogP contribution in [0.4, 0.5) is 0 Å². The summed E-state index contributed by atoms with van der Waals surface area (Å²) in [4.78, 5) is 0. The van der Waals surface area contributed by atoms with E-state index in [4.69, 9.17) is 4.74 Å². The lowest BCUT2D eigenvalue weighted by Crippen LogP contribution is -2.38. The summed E-state index contributed by atoms with van der Waals surface area (Å²) in [5.41, 5.74) is 0. The molecule has 0 radical (unpaired) electrons. The maximum absolute atomic E-state index is 12.2. The van der Waals surface area contributed by atoms with Gasteiger partial charge in [-0.05, 0) is 32.6 Å². The molecule has 2 unspecified atom stereocenters. The van der Waals surface area contributed by atoms with Crippen LogP contribution in [0.25, 0.3) is 0 Å². The summed E-state index contributed by atoms with van der Waals surface area (Å²) < 4.78 is 31.4. The van der Waals surface area contributed by atoms with Crippen molar-refractivity contribution in [1.29, 1.82) is 0 Å². The number of ether oxygens (including phenoxy) is 1. The summed E-state index contributed by atoms with van der Waals surface area (Å²) in [6, 6.07) is 0.189. The summed E-state index contributed by atoms with van der Waals surface area (Å²) in [5, 5.41) is 0. The lowest BCUT2D eigenvalue weighted by Gasteiger charge is -2.23. The molecule has 2 atom stereocenters. The number of rotatable bonds is 6. The molecule has 0 aromatic carbocycles. The van der Waals surface area contributed by atoms with E-state index in [0.29, 0.717) is 19.1 Å². The van der Waals surface area contributed by atoms with Gasteiger partial charge in [-0.15, -0.1) is 0 Å². The molecule has 4 nitrogen and oxygen atoms in total. The van der Waals surface area contributed by atoms with Crippen LogP contribution in [0, 0.1) is 5.92 Å². The molecule has 1 rings (SSSR count). The maximum atomic E-state index is 12.2. The molecule has 0 N–H and O–H groups in total. The molecular formula is C12H25NO3S. The minimum absolute atomic E-state index is 0.0877. The molecule has 0 aliphatic carbocycles. The Hall–Kier alpha value is -0.130. The van der Waals surface area contributed by atoms with E-state index in [1.807, 2.05) is 13.8 Å². The van der Waals surface area contributed by atoms with Crippen molar-refractivity contribution >= 4 is 10.0 Å². The molecule has 1 heterocycles. The van der Waals surface area contributed by atoms with Gasteiger partial charge in [-0.3, -0.25) is 0 Å². The third-order valence-corrected chi connectivity index (χ3v) is 5.04. The molecule has 1 aliphatic rings. The molecular weight excluding hydrogens is 238 g/mol. The molecule has 0 aromatic rings. The molecule has 0 bridgehead atoms. The fraction of sp³-hybridized carbons (Fsp3) is 1.00. The van der Waals surface area contributed by atoms with Crippen LogP contribution >= 0.6 is 0 Å². The molecule has 17 heavy (non-hydrogen) atoms. The predicted octanol–water partition coefficient (Wildman–Crippen LogP) is 1.86. The van der Waals surface area contributed by atoms with E-state index in [0.717, 1.165) is 12.8 Å². The van der Waals surface area contributed by atoms with Crippen LogP contribution < -0.4 is 0 Å². The fourth-order valence-corrected chi connectivity index (χ4v) is 4.04. The second-order valence-corrected chi connectivity index (χ2v) is 7.25. The number of sulfonamides is 1. The number of hydrogen-bond acceptors (Lipinski definition) is 3. The standard InChI is InChI=1S/C12H25NO3S/c1-5-12-8-11(4)9-13(12)17(14,15)7-6-16-10(2)3/h10-12H,5-9H2,1-4H3. The molecule has 0 aromatic heterocycles. The van der Waals surface area contributed by atoms with Gasteiger partial charge in [-0.25, -0.2) is 8.42 Å². The van der Waals surface area contributed by atoms with Crippen LogP contribution in [0.5, 0.6) is 0 Å². The van der Waals surface area contributed by atoms with Crippen molar-refractivity contribution in [2.45, 2.75) is 52.7 Å². The largest absolute Gasteiger partial charge is 0.378 e. The molecule has 0 saturated carbocycles. The lowest BCUT2D eigenvalue weighted by atomic mass is 10.1. The fourth-order valence-electron chi connectivity index (χ4n) is 2.33. The second-order valence-electron chi connectivity index (χ2n) is 5.21. The summed E-state index contributed by atoms with van der Waals surface area (Å²) >= 11 is 0. The van der Waals surface area contributed by atoms with Gasteiger partial charge in [0.15, 0.2) is 0 Å². The predicted molar refractivity (Wildman–Crippen MR) is 69.4 cm³/mol. The van der Waals surface area contributed by atoms with E-state index < -0.39 is 10.0 Å². The Morgan fingerprint density at radius 2 is 2.06 bits per heavy atom. The molecule has 1 fully saturated rings. The van der Waals surface area contributed by atoms with Crippen molar-refractivity contribution in [1.82, 2.24) is 4.31 Å². The first kappa shape index (κ1) is 14.9. The second kappa shape index (κ2) is 6.16. The topological polar surface area (TPSA) is 46.6 Å². The summed E-state index contributed by atoms with van der Waals surface area (Å²) in [6.07, 6.45) is 1.97. The van der Waals surface area contributed by atoms with E-state index in [1.54, 1.807) is 4.31 Å². The molecule has 0 spiro atoms. The molecule has 0 amide bonds. The van der Waals surface area contributed by atoms with Crippen molar-refractivity contribution in [3.05, 3.63) is 0 Å². The summed E-state index contributed by atoms with van der Waals surface area (Å²) in [7, 11) is -3.14. The first-order valence-corrected chi connectivity index (χ1v) is 8.08. The van der Waals surface area contributed by atoms with E-state index in [9.17, 15) is 8.42 Å². The smallest absolute Gasteiger partial charge is 0.216 e. The highest BCUT2D eigenvalue weighted by Gasteiger charge is 2.36. The van der Waals surface area contributed by atoms with Crippen molar-refractivity contribution in [2.24, 2.45) is 5.92 Å². The Kier molecular flexibility index (Phi) is 5.41. The molecule has 1 saturated heterocycles. The monoisotopic (exact) mass is 263 g/mol. The normalized spacial score (nSPS) is 26.9. The van der Waals surface area contributed by atoms with Crippen LogP contribution in [0.15, 0.2) is 0 Å². The minimum Gasteiger partial charge on any atom is -0.378 e. The minimum atomic E-state index is -3.14. The average molecular weight is 263 g/mol. The highest BCUT2D eigenvalue weighted by molar-refractivity contribution is 7.89. The van der Waals surface area contributed by atoms with E-state index in [2.05, 4.69) is 13.8 Å². The molecule has 1 aliphatic heterocycles. The summed E-state index contributed by atoms with van der Waals surface area (Å²) in [6.45, 7) is 8.96. The highest BCUT2D eigenvalue weighted by atomic mass is 32.2. The number of nitrogens with zero attached hydrogens (tertiary/aromatic N) is 1. The Morgan fingerprint density at radius 3 is 2.59 bits per heavy atom. The zero-order valence-electron chi connectivity index (χ0n) is 11.3. The Labute approximate surface area is 105 Å². The first-order chi connectivity index (χ1) is 7.86. The van der Waals surface area contributed by atoms with Gasteiger partial charge in [0.25, 0.3) is 0 Å². The highest BCUT2D eigenvalue weighted by Crippen LogP contribution is 2.27. The SMILES string of the molecule is CCC1CC(C)CN1S(=O)(=O)CCOC(C)C. The third kappa shape index (κ3) is 4.23. The Bertz CT molecular complexity index is 327. The van der Waals surface area contributed by atoms with Crippen LogP contribution in [-0.2, 0) is 14.8 Å². The van der Waals surface area contributed by atoms with E-state index in [1.165, 1.54) is 0 Å². The van der Waals surface area contributed by atoms with E-state index in [-0.39, 0.29) is 17.9 Å². The third-order valence-electron chi connectivity index (χ3n) is 3.19. The van der Waals surface area contributed by atoms with Crippen molar-refractivity contribution in [3.8, 4) is 0 Å². The average Bonchev–Trinajstić information content (AvgIpc) is 2.59. The van der Waals surface area contributed by atoms with Gasteiger partial charge in [0.05, 0.1) is 18.5 Å². The van der Waals surface area contributed by atoms with Crippen LogP contribution in [-0.4, -0.2) is 43.8 Å². The molecule has 5 heteroatoms. The van der Waals surface area contributed by atoms with Crippen molar-refractivity contribution in [3.63, 3.8) is 0 Å². The van der Waals surface area contributed by atoms with Gasteiger partial charge < -0.3 is 4.74 Å². The van der Waals surface area contributed by atoms with Gasteiger partial charge in [-0.1, -0.05) is 13.8 Å².